The number of anilines is 1. The molecule has 0 aromatic heterocycles. The number of rotatable bonds is 3. The zero-order valence-corrected chi connectivity index (χ0v) is 7.74. The molecule has 1 aromatic carbocycles. The molecule has 0 amide bonds. The summed E-state index contributed by atoms with van der Waals surface area (Å²) in [5, 5.41) is 8.74. The zero-order chi connectivity index (χ0) is 10.6. The van der Waals surface area contributed by atoms with Gasteiger partial charge in [0, 0.05) is 7.05 Å². The Kier molecular flexibility index (Phi) is 3.41. The van der Waals surface area contributed by atoms with Gasteiger partial charge in [0.25, 0.3) is 6.43 Å². The number of benzene rings is 1. The average molecular weight is 196 g/mol. The lowest BCUT2D eigenvalue weighted by molar-refractivity contribution is 0.156. The topological polar surface area (TPSA) is 27.0 Å². The molecule has 14 heavy (non-hydrogen) atoms. The van der Waals surface area contributed by atoms with E-state index >= 15 is 0 Å². The molecule has 74 valence electrons. The number of alkyl halides is 2. The van der Waals surface area contributed by atoms with E-state index in [-0.39, 0.29) is 6.54 Å². The fourth-order valence-electron chi connectivity index (χ4n) is 1.21. The fourth-order valence-corrected chi connectivity index (χ4v) is 1.21. The van der Waals surface area contributed by atoms with E-state index in [2.05, 4.69) is 0 Å². The second kappa shape index (κ2) is 4.56. The third kappa shape index (κ3) is 2.43. The van der Waals surface area contributed by atoms with Crippen LogP contribution in [0.15, 0.2) is 24.3 Å². The van der Waals surface area contributed by atoms with Crippen molar-refractivity contribution in [2.45, 2.75) is 6.43 Å². The van der Waals surface area contributed by atoms with Gasteiger partial charge in [-0.2, -0.15) is 5.26 Å². The van der Waals surface area contributed by atoms with Crippen LogP contribution in [0, 0.1) is 11.3 Å². The van der Waals surface area contributed by atoms with Gasteiger partial charge < -0.3 is 4.90 Å². The quantitative estimate of drug-likeness (QED) is 0.741. The Morgan fingerprint density at radius 2 is 2.07 bits per heavy atom. The molecule has 1 rings (SSSR count). The summed E-state index contributed by atoms with van der Waals surface area (Å²) < 4.78 is 24.2. The van der Waals surface area contributed by atoms with E-state index in [1.807, 2.05) is 6.07 Å². The van der Waals surface area contributed by atoms with Crippen LogP contribution in [-0.2, 0) is 0 Å². The van der Waals surface area contributed by atoms with Gasteiger partial charge in [-0.3, -0.25) is 0 Å². The van der Waals surface area contributed by atoms with Crippen LogP contribution in [0.4, 0.5) is 14.5 Å². The Morgan fingerprint density at radius 3 is 2.64 bits per heavy atom. The number of nitriles is 1. The van der Waals surface area contributed by atoms with E-state index < -0.39 is 6.43 Å². The van der Waals surface area contributed by atoms with Crippen molar-refractivity contribution in [3.63, 3.8) is 0 Å². The van der Waals surface area contributed by atoms with Crippen molar-refractivity contribution in [1.82, 2.24) is 0 Å². The standard InChI is InChI=1S/C10H10F2N2/c1-14(7-10(11)12)9-5-3-2-4-8(9)6-13/h2-5,10H,7H2,1H3. The highest BCUT2D eigenvalue weighted by Crippen LogP contribution is 2.18. The van der Waals surface area contributed by atoms with Crippen molar-refractivity contribution < 1.29 is 8.78 Å². The van der Waals surface area contributed by atoms with Crippen molar-refractivity contribution in [1.29, 1.82) is 5.26 Å². The van der Waals surface area contributed by atoms with Gasteiger partial charge >= 0.3 is 0 Å². The third-order valence-electron chi connectivity index (χ3n) is 1.85. The minimum Gasteiger partial charge on any atom is -0.368 e. The molecule has 0 bridgehead atoms. The Labute approximate surface area is 81.4 Å². The summed E-state index contributed by atoms with van der Waals surface area (Å²) in [4.78, 5) is 1.38. The lowest BCUT2D eigenvalue weighted by atomic mass is 10.2. The van der Waals surface area contributed by atoms with Gasteiger partial charge in [-0.25, -0.2) is 8.78 Å². The maximum absolute atomic E-state index is 12.1. The molecule has 0 radical (unpaired) electrons. The predicted molar refractivity (Wildman–Crippen MR) is 50.4 cm³/mol. The van der Waals surface area contributed by atoms with E-state index in [4.69, 9.17) is 5.26 Å². The van der Waals surface area contributed by atoms with Gasteiger partial charge in [-0.15, -0.1) is 0 Å². The zero-order valence-electron chi connectivity index (χ0n) is 7.74. The van der Waals surface area contributed by atoms with Crippen molar-refractivity contribution in [3.8, 4) is 6.07 Å². The molecule has 0 unspecified atom stereocenters. The summed E-state index contributed by atoms with van der Waals surface area (Å²) in [6.45, 7) is -0.362. The summed E-state index contributed by atoms with van der Waals surface area (Å²) in [6.07, 6.45) is -2.40. The molecule has 0 saturated heterocycles. The molecular weight excluding hydrogens is 186 g/mol. The maximum atomic E-state index is 12.1. The van der Waals surface area contributed by atoms with E-state index in [9.17, 15) is 8.78 Å². The van der Waals surface area contributed by atoms with Crippen LogP contribution in [-0.4, -0.2) is 20.0 Å². The van der Waals surface area contributed by atoms with Gasteiger partial charge in [0.05, 0.1) is 17.8 Å². The highest BCUT2D eigenvalue weighted by molar-refractivity contribution is 5.58. The van der Waals surface area contributed by atoms with Crippen LogP contribution in [0.2, 0.25) is 0 Å². The second-order valence-corrected chi connectivity index (χ2v) is 2.90. The first kappa shape index (κ1) is 10.5. The van der Waals surface area contributed by atoms with Gasteiger partial charge in [0.2, 0.25) is 0 Å². The largest absolute Gasteiger partial charge is 0.368 e. The molecule has 1 aromatic rings. The first-order valence-electron chi connectivity index (χ1n) is 4.13. The van der Waals surface area contributed by atoms with Crippen LogP contribution in [0.5, 0.6) is 0 Å². The number of hydrogen-bond donors (Lipinski definition) is 0. The average Bonchev–Trinajstić information content (AvgIpc) is 2.16. The Bertz CT molecular complexity index is 344. The second-order valence-electron chi connectivity index (χ2n) is 2.90. The Balaban J connectivity index is 2.89. The van der Waals surface area contributed by atoms with Crippen molar-refractivity contribution in [2.24, 2.45) is 0 Å². The van der Waals surface area contributed by atoms with Crippen molar-refractivity contribution in [3.05, 3.63) is 29.8 Å². The Hall–Kier alpha value is -1.63. The van der Waals surface area contributed by atoms with Crippen LogP contribution in [0.1, 0.15) is 5.56 Å². The lowest BCUT2D eigenvalue weighted by Crippen LogP contribution is -2.24. The van der Waals surface area contributed by atoms with E-state index in [1.54, 1.807) is 31.3 Å². The monoisotopic (exact) mass is 196 g/mol. The molecule has 0 aliphatic heterocycles. The molecule has 4 heteroatoms. The molecule has 0 saturated carbocycles. The molecule has 0 fully saturated rings. The van der Waals surface area contributed by atoms with E-state index in [0.29, 0.717) is 11.3 Å². The summed E-state index contributed by atoms with van der Waals surface area (Å²) in [5.74, 6) is 0. The molecule has 0 aliphatic carbocycles. The van der Waals surface area contributed by atoms with Crippen LogP contribution in [0.3, 0.4) is 0 Å². The van der Waals surface area contributed by atoms with Gasteiger partial charge in [-0.05, 0) is 12.1 Å². The van der Waals surface area contributed by atoms with Gasteiger partial charge in [0.1, 0.15) is 6.07 Å². The van der Waals surface area contributed by atoms with E-state index in [1.165, 1.54) is 4.90 Å². The number of para-hydroxylation sites is 1. The number of hydrogen-bond acceptors (Lipinski definition) is 2. The number of nitrogens with zero attached hydrogens (tertiary/aromatic N) is 2. The smallest absolute Gasteiger partial charge is 0.255 e. The van der Waals surface area contributed by atoms with Crippen molar-refractivity contribution in [2.75, 3.05) is 18.5 Å². The molecule has 0 aliphatic rings. The first-order valence-corrected chi connectivity index (χ1v) is 4.13. The maximum Gasteiger partial charge on any atom is 0.255 e. The Morgan fingerprint density at radius 1 is 1.43 bits per heavy atom. The summed E-state index contributed by atoms with van der Waals surface area (Å²) >= 11 is 0. The van der Waals surface area contributed by atoms with E-state index in [0.717, 1.165) is 0 Å². The van der Waals surface area contributed by atoms with Gasteiger partial charge in [0.15, 0.2) is 0 Å². The van der Waals surface area contributed by atoms with Crippen LogP contribution in [0.25, 0.3) is 0 Å². The minimum absolute atomic E-state index is 0.362. The highest BCUT2D eigenvalue weighted by atomic mass is 19.3. The fraction of sp³-hybridized carbons (Fsp3) is 0.300. The first-order chi connectivity index (χ1) is 6.65. The van der Waals surface area contributed by atoms with Gasteiger partial charge in [-0.1, -0.05) is 12.1 Å². The normalized spacial score (nSPS) is 9.93. The van der Waals surface area contributed by atoms with Crippen LogP contribution < -0.4 is 4.90 Å². The summed E-state index contributed by atoms with van der Waals surface area (Å²) in [6, 6.07) is 8.65. The predicted octanol–water partition coefficient (Wildman–Crippen LogP) is 2.26. The summed E-state index contributed by atoms with van der Waals surface area (Å²) in [7, 11) is 1.54. The molecular formula is C10H10F2N2. The minimum atomic E-state index is -2.40. The SMILES string of the molecule is CN(CC(F)F)c1ccccc1C#N. The molecule has 2 nitrogen and oxygen atoms in total. The lowest BCUT2D eigenvalue weighted by Gasteiger charge is -2.19. The molecule has 0 atom stereocenters. The molecule has 0 heterocycles. The molecule has 0 N–H and O–H groups in total. The third-order valence-corrected chi connectivity index (χ3v) is 1.85. The molecule has 0 spiro atoms. The van der Waals surface area contributed by atoms with Crippen LogP contribution >= 0.6 is 0 Å². The van der Waals surface area contributed by atoms with Crippen molar-refractivity contribution >= 4 is 5.69 Å². The number of halogens is 2. The highest BCUT2D eigenvalue weighted by Gasteiger charge is 2.11. The summed E-state index contributed by atoms with van der Waals surface area (Å²) in [5.41, 5.74) is 0.950.